The van der Waals surface area contributed by atoms with Crippen LogP contribution in [0.3, 0.4) is 0 Å². The second kappa shape index (κ2) is 5.51. The first-order valence-corrected chi connectivity index (χ1v) is 5.89. The Morgan fingerprint density at radius 1 is 1.24 bits per heavy atom. The molecule has 7 heteroatoms. The molecular weight excluding hydrogens is 288 g/mol. The van der Waals surface area contributed by atoms with Gasteiger partial charge in [0.25, 0.3) is 5.91 Å². The molecule has 1 N–H and O–H groups in total. The molecule has 0 radical (unpaired) electrons. The fraction of sp³-hybridized carbons (Fsp3) is 0.143. The van der Waals surface area contributed by atoms with E-state index in [1.807, 2.05) is 0 Å². The van der Waals surface area contributed by atoms with Crippen molar-refractivity contribution in [2.75, 3.05) is 5.32 Å². The smallest absolute Gasteiger partial charge is 0.306 e. The first-order valence-electron chi connectivity index (χ1n) is 5.89. The van der Waals surface area contributed by atoms with Crippen molar-refractivity contribution in [2.45, 2.75) is 13.1 Å². The lowest BCUT2D eigenvalue weighted by atomic mass is 10.1. The molecule has 0 aliphatic rings. The SMILES string of the molecule is Cc1cccnc1NC(=O)c1ccc(F)c(C(F)(F)F)c1. The molecule has 1 heterocycles. The number of halogens is 4. The number of anilines is 1. The van der Waals surface area contributed by atoms with Crippen LogP contribution in [0.4, 0.5) is 23.4 Å². The standard InChI is InChI=1S/C14H10F4N2O/c1-8-3-2-6-19-12(8)20-13(21)9-4-5-11(15)10(7-9)14(16,17)18/h2-7H,1H3,(H,19,20,21). The molecular formula is C14H10F4N2O. The second-order valence-corrected chi connectivity index (χ2v) is 4.32. The Bertz CT molecular complexity index is 683. The number of nitrogens with zero attached hydrogens (tertiary/aromatic N) is 1. The quantitative estimate of drug-likeness (QED) is 0.857. The Kier molecular flexibility index (Phi) is 3.93. The summed E-state index contributed by atoms with van der Waals surface area (Å²) in [6, 6.07) is 5.42. The van der Waals surface area contributed by atoms with Crippen molar-refractivity contribution in [2.24, 2.45) is 0 Å². The molecule has 2 rings (SSSR count). The molecule has 0 saturated heterocycles. The van der Waals surface area contributed by atoms with Gasteiger partial charge in [-0.1, -0.05) is 6.07 Å². The van der Waals surface area contributed by atoms with E-state index in [1.54, 1.807) is 19.1 Å². The molecule has 1 aromatic heterocycles. The van der Waals surface area contributed by atoms with Crippen LogP contribution >= 0.6 is 0 Å². The highest BCUT2D eigenvalue weighted by molar-refractivity contribution is 6.04. The summed E-state index contributed by atoms with van der Waals surface area (Å²) in [5, 5.41) is 2.38. The van der Waals surface area contributed by atoms with Gasteiger partial charge in [-0.2, -0.15) is 13.2 Å². The number of benzene rings is 1. The summed E-state index contributed by atoms with van der Waals surface area (Å²) in [4.78, 5) is 15.8. The number of carbonyl (C=O) groups is 1. The molecule has 0 saturated carbocycles. The van der Waals surface area contributed by atoms with Gasteiger partial charge in [0.15, 0.2) is 0 Å². The molecule has 0 atom stereocenters. The highest BCUT2D eigenvalue weighted by Crippen LogP contribution is 2.32. The van der Waals surface area contributed by atoms with Crippen LogP contribution < -0.4 is 5.32 Å². The zero-order valence-electron chi connectivity index (χ0n) is 10.8. The molecule has 110 valence electrons. The van der Waals surface area contributed by atoms with Crippen molar-refractivity contribution < 1.29 is 22.4 Å². The zero-order valence-corrected chi connectivity index (χ0v) is 10.8. The number of aromatic nitrogens is 1. The lowest BCUT2D eigenvalue weighted by Gasteiger charge is -2.11. The first kappa shape index (κ1) is 15.0. The average molecular weight is 298 g/mol. The highest BCUT2D eigenvalue weighted by Gasteiger charge is 2.34. The third-order valence-corrected chi connectivity index (χ3v) is 2.78. The van der Waals surface area contributed by atoms with E-state index >= 15 is 0 Å². The first-order chi connectivity index (χ1) is 9.79. The van der Waals surface area contributed by atoms with E-state index in [4.69, 9.17) is 0 Å². The minimum Gasteiger partial charge on any atom is -0.306 e. The van der Waals surface area contributed by atoms with Gasteiger partial charge in [-0.05, 0) is 36.8 Å². The van der Waals surface area contributed by atoms with Crippen molar-refractivity contribution >= 4 is 11.7 Å². The van der Waals surface area contributed by atoms with Gasteiger partial charge in [-0.3, -0.25) is 4.79 Å². The largest absolute Gasteiger partial charge is 0.419 e. The summed E-state index contributed by atoms with van der Waals surface area (Å²) < 4.78 is 51.0. The maximum atomic E-state index is 13.2. The molecule has 0 unspecified atom stereocenters. The summed E-state index contributed by atoms with van der Waals surface area (Å²) >= 11 is 0. The van der Waals surface area contributed by atoms with E-state index in [9.17, 15) is 22.4 Å². The molecule has 3 nitrogen and oxygen atoms in total. The maximum absolute atomic E-state index is 13.2. The predicted octanol–water partition coefficient (Wildman–Crippen LogP) is 3.80. The van der Waals surface area contributed by atoms with Gasteiger partial charge in [0.1, 0.15) is 11.6 Å². The monoisotopic (exact) mass is 298 g/mol. The van der Waals surface area contributed by atoms with E-state index < -0.39 is 23.5 Å². The zero-order chi connectivity index (χ0) is 15.6. The van der Waals surface area contributed by atoms with Crippen molar-refractivity contribution in [3.05, 3.63) is 59.0 Å². The van der Waals surface area contributed by atoms with Crippen LogP contribution in [-0.4, -0.2) is 10.9 Å². The summed E-state index contributed by atoms with van der Waals surface area (Å²) in [6.45, 7) is 1.69. The minimum atomic E-state index is -4.86. The van der Waals surface area contributed by atoms with Crippen LogP contribution in [0.1, 0.15) is 21.5 Å². The van der Waals surface area contributed by atoms with Crippen LogP contribution in [0.25, 0.3) is 0 Å². The van der Waals surface area contributed by atoms with Gasteiger partial charge in [0.05, 0.1) is 5.56 Å². The number of aryl methyl sites for hydroxylation is 1. The Balaban J connectivity index is 2.31. The van der Waals surface area contributed by atoms with Crippen molar-refractivity contribution in [3.63, 3.8) is 0 Å². The highest BCUT2D eigenvalue weighted by atomic mass is 19.4. The molecule has 0 aliphatic heterocycles. The summed E-state index contributed by atoms with van der Waals surface area (Å²) in [5.41, 5.74) is -1.12. The predicted molar refractivity (Wildman–Crippen MR) is 68.3 cm³/mol. The third kappa shape index (κ3) is 3.36. The molecule has 2 aromatic rings. The lowest BCUT2D eigenvalue weighted by molar-refractivity contribution is -0.140. The normalized spacial score (nSPS) is 11.3. The van der Waals surface area contributed by atoms with E-state index in [1.165, 1.54) is 6.20 Å². The number of alkyl halides is 3. The number of hydrogen-bond acceptors (Lipinski definition) is 2. The summed E-state index contributed by atoms with van der Waals surface area (Å²) in [7, 11) is 0. The Morgan fingerprint density at radius 2 is 1.95 bits per heavy atom. The fourth-order valence-electron chi connectivity index (χ4n) is 1.68. The van der Waals surface area contributed by atoms with Crippen LogP contribution in [-0.2, 0) is 6.18 Å². The van der Waals surface area contributed by atoms with Crippen LogP contribution in [0, 0.1) is 12.7 Å². The lowest BCUT2D eigenvalue weighted by Crippen LogP contribution is -2.16. The second-order valence-electron chi connectivity index (χ2n) is 4.32. The van der Waals surface area contributed by atoms with Gasteiger partial charge in [0.2, 0.25) is 0 Å². The van der Waals surface area contributed by atoms with E-state index in [2.05, 4.69) is 10.3 Å². The van der Waals surface area contributed by atoms with Gasteiger partial charge in [0, 0.05) is 11.8 Å². The summed E-state index contributed by atoms with van der Waals surface area (Å²) in [6.07, 6.45) is -3.42. The molecule has 0 spiro atoms. The molecule has 0 aliphatic carbocycles. The number of hydrogen-bond donors (Lipinski definition) is 1. The number of amides is 1. The molecule has 0 bridgehead atoms. The Morgan fingerprint density at radius 3 is 2.57 bits per heavy atom. The third-order valence-electron chi connectivity index (χ3n) is 2.78. The average Bonchev–Trinajstić information content (AvgIpc) is 2.40. The van der Waals surface area contributed by atoms with Crippen molar-refractivity contribution in [1.29, 1.82) is 0 Å². The van der Waals surface area contributed by atoms with E-state index in [-0.39, 0.29) is 11.4 Å². The molecule has 21 heavy (non-hydrogen) atoms. The topological polar surface area (TPSA) is 42.0 Å². The van der Waals surface area contributed by atoms with Crippen LogP contribution in [0.5, 0.6) is 0 Å². The Labute approximate surface area is 117 Å². The van der Waals surface area contributed by atoms with Crippen LogP contribution in [0.2, 0.25) is 0 Å². The summed E-state index contributed by atoms with van der Waals surface area (Å²) in [5.74, 6) is -1.98. The molecule has 1 aromatic carbocycles. The molecule has 1 amide bonds. The number of pyridine rings is 1. The van der Waals surface area contributed by atoms with Gasteiger partial charge in [-0.25, -0.2) is 9.37 Å². The number of carbonyl (C=O) groups excluding carboxylic acids is 1. The van der Waals surface area contributed by atoms with Gasteiger partial charge >= 0.3 is 6.18 Å². The molecule has 0 fully saturated rings. The maximum Gasteiger partial charge on any atom is 0.419 e. The van der Waals surface area contributed by atoms with Crippen molar-refractivity contribution in [1.82, 2.24) is 4.98 Å². The number of rotatable bonds is 2. The fourth-order valence-corrected chi connectivity index (χ4v) is 1.68. The number of nitrogens with one attached hydrogen (secondary N) is 1. The Hall–Kier alpha value is -2.44. The van der Waals surface area contributed by atoms with Gasteiger partial charge < -0.3 is 5.32 Å². The van der Waals surface area contributed by atoms with Gasteiger partial charge in [-0.15, -0.1) is 0 Å². The van der Waals surface area contributed by atoms with Crippen LogP contribution in [0.15, 0.2) is 36.5 Å². The van der Waals surface area contributed by atoms with Crippen molar-refractivity contribution in [3.8, 4) is 0 Å². The van der Waals surface area contributed by atoms with E-state index in [0.717, 1.165) is 6.07 Å². The van der Waals surface area contributed by atoms with E-state index in [0.29, 0.717) is 17.7 Å². The minimum absolute atomic E-state index is 0.236.